The van der Waals surface area contributed by atoms with Crippen molar-refractivity contribution >= 4 is 11.6 Å². The zero-order valence-electron chi connectivity index (χ0n) is 15.8. The van der Waals surface area contributed by atoms with Crippen LogP contribution in [-0.4, -0.2) is 37.1 Å². The van der Waals surface area contributed by atoms with Crippen LogP contribution in [0, 0.1) is 13.8 Å². The molecule has 7 nitrogen and oxygen atoms in total. The van der Waals surface area contributed by atoms with Crippen molar-refractivity contribution in [3.8, 4) is 0 Å². The topological polar surface area (TPSA) is 96.3 Å². The van der Waals surface area contributed by atoms with Gasteiger partial charge in [0.15, 0.2) is 0 Å². The van der Waals surface area contributed by atoms with Gasteiger partial charge >= 0.3 is 5.63 Å². The minimum Gasteiger partial charge on any atom is -0.427 e. The summed E-state index contributed by atoms with van der Waals surface area (Å²) < 4.78 is 5.46. The van der Waals surface area contributed by atoms with Crippen LogP contribution in [0.15, 0.2) is 33.7 Å². The Balaban J connectivity index is 1.59. The number of pyridine rings is 1. The molecule has 1 fully saturated rings. The molecule has 0 bridgehead atoms. The van der Waals surface area contributed by atoms with Crippen molar-refractivity contribution in [1.82, 2.24) is 15.6 Å². The summed E-state index contributed by atoms with van der Waals surface area (Å²) in [4.78, 5) is 28.8. The first-order valence-corrected chi connectivity index (χ1v) is 9.34. The summed E-state index contributed by atoms with van der Waals surface area (Å²) in [5.74, 6) is 0.453. The van der Waals surface area contributed by atoms with Crippen molar-refractivity contribution in [1.29, 1.82) is 0 Å². The van der Waals surface area contributed by atoms with Gasteiger partial charge in [0.25, 0.3) is 5.91 Å². The van der Waals surface area contributed by atoms with Crippen LogP contribution in [0.4, 0.5) is 5.69 Å². The van der Waals surface area contributed by atoms with Crippen molar-refractivity contribution in [3.05, 3.63) is 57.4 Å². The lowest BCUT2D eigenvalue weighted by atomic mass is 9.95. The molecule has 1 amide bonds. The summed E-state index contributed by atoms with van der Waals surface area (Å²) in [6, 6.07) is 3.71. The molecule has 0 saturated carbocycles. The maximum absolute atomic E-state index is 12.4. The van der Waals surface area contributed by atoms with E-state index >= 15 is 0 Å². The largest absolute Gasteiger partial charge is 0.427 e. The Bertz CT molecular complexity index is 857. The average molecular weight is 370 g/mol. The molecule has 27 heavy (non-hydrogen) atoms. The first-order chi connectivity index (χ1) is 13.1. The Hall–Kier alpha value is -2.67. The third kappa shape index (κ3) is 4.74. The zero-order chi connectivity index (χ0) is 19.2. The Labute approximate surface area is 158 Å². The molecule has 1 atom stereocenters. The Morgan fingerprint density at radius 1 is 1.33 bits per heavy atom. The molecule has 0 aromatic carbocycles. The standard InChI is InChI=1S/C20H26N4O3/c1-13-10-17(15-4-3-6-21-12-15)27-20(26)18(13)19(25)24-9-8-23-16-5-7-22-11-14(16)2/h5,7,10-11,15,21H,3-4,6,8-9,12H2,1-2H3,(H,22,23)(H,24,25). The zero-order valence-corrected chi connectivity index (χ0v) is 15.8. The number of piperidine rings is 1. The number of amides is 1. The maximum atomic E-state index is 12.4. The fourth-order valence-corrected chi connectivity index (χ4v) is 3.34. The number of hydrogen-bond donors (Lipinski definition) is 3. The lowest BCUT2D eigenvalue weighted by molar-refractivity contribution is 0.0950. The predicted molar refractivity (Wildman–Crippen MR) is 104 cm³/mol. The van der Waals surface area contributed by atoms with Crippen LogP contribution in [-0.2, 0) is 0 Å². The SMILES string of the molecule is Cc1cnccc1NCCNC(=O)c1c(C)cc(C2CCCNC2)oc1=O. The molecule has 3 N–H and O–H groups in total. The number of aryl methyl sites for hydroxylation is 2. The molecule has 1 unspecified atom stereocenters. The van der Waals surface area contributed by atoms with Crippen molar-refractivity contribution in [2.24, 2.45) is 0 Å². The van der Waals surface area contributed by atoms with E-state index in [1.807, 2.05) is 19.1 Å². The number of hydrogen-bond acceptors (Lipinski definition) is 6. The number of anilines is 1. The van der Waals surface area contributed by atoms with Gasteiger partial charge in [-0.2, -0.15) is 0 Å². The van der Waals surface area contributed by atoms with E-state index in [9.17, 15) is 9.59 Å². The highest BCUT2D eigenvalue weighted by Gasteiger charge is 2.22. The van der Waals surface area contributed by atoms with Crippen LogP contribution in [0.1, 0.15) is 46.0 Å². The van der Waals surface area contributed by atoms with Gasteiger partial charge in [0, 0.05) is 43.6 Å². The first kappa shape index (κ1) is 19.1. The van der Waals surface area contributed by atoms with Gasteiger partial charge in [-0.3, -0.25) is 9.78 Å². The van der Waals surface area contributed by atoms with Crippen LogP contribution in [0.3, 0.4) is 0 Å². The van der Waals surface area contributed by atoms with Gasteiger partial charge in [0.2, 0.25) is 0 Å². The molecular formula is C20H26N4O3. The quantitative estimate of drug-likeness (QED) is 0.673. The van der Waals surface area contributed by atoms with Crippen molar-refractivity contribution in [3.63, 3.8) is 0 Å². The van der Waals surface area contributed by atoms with Gasteiger partial charge in [-0.1, -0.05) is 0 Å². The average Bonchev–Trinajstić information content (AvgIpc) is 2.66. The third-order valence-corrected chi connectivity index (χ3v) is 4.84. The van der Waals surface area contributed by atoms with E-state index in [4.69, 9.17) is 4.42 Å². The van der Waals surface area contributed by atoms with E-state index in [1.165, 1.54) is 0 Å². The molecule has 144 valence electrons. The summed E-state index contributed by atoms with van der Waals surface area (Å²) in [7, 11) is 0. The van der Waals surface area contributed by atoms with E-state index in [1.54, 1.807) is 19.3 Å². The number of carbonyl (C=O) groups excluding carboxylic acids is 1. The Kier molecular flexibility index (Phi) is 6.24. The molecule has 3 rings (SSSR count). The molecular weight excluding hydrogens is 344 g/mol. The summed E-state index contributed by atoms with van der Waals surface area (Å²) in [6.07, 6.45) is 5.53. The Morgan fingerprint density at radius 2 is 2.19 bits per heavy atom. The summed E-state index contributed by atoms with van der Waals surface area (Å²) in [5, 5.41) is 9.33. The molecule has 2 aromatic rings. The van der Waals surface area contributed by atoms with Crippen molar-refractivity contribution in [2.45, 2.75) is 32.6 Å². The summed E-state index contributed by atoms with van der Waals surface area (Å²) >= 11 is 0. The summed E-state index contributed by atoms with van der Waals surface area (Å²) in [5.41, 5.74) is 2.18. The van der Waals surface area contributed by atoms with Gasteiger partial charge in [0.1, 0.15) is 11.3 Å². The number of carbonyl (C=O) groups is 1. The molecule has 3 heterocycles. The van der Waals surface area contributed by atoms with Gasteiger partial charge in [-0.15, -0.1) is 0 Å². The number of nitrogens with one attached hydrogen (secondary N) is 3. The van der Waals surface area contributed by atoms with E-state index in [-0.39, 0.29) is 11.5 Å². The van der Waals surface area contributed by atoms with E-state index in [2.05, 4.69) is 20.9 Å². The molecule has 0 radical (unpaired) electrons. The first-order valence-electron chi connectivity index (χ1n) is 9.34. The van der Waals surface area contributed by atoms with Gasteiger partial charge in [0.05, 0.1) is 0 Å². The fourth-order valence-electron chi connectivity index (χ4n) is 3.34. The lowest BCUT2D eigenvalue weighted by Gasteiger charge is -2.22. The predicted octanol–water partition coefficient (Wildman–Crippen LogP) is 1.96. The molecule has 0 aliphatic carbocycles. The van der Waals surface area contributed by atoms with E-state index < -0.39 is 11.5 Å². The van der Waals surface area contributed by atoms with Crippen molar-refractivity contribution in [2.75, 3.05) is 31.5 Å². The highest BCUT2D eigenvalue weighted by molar-refractivity contribution is 5.95. The summed E-state index contributed by atoms with van der Waals surface area (Å²) in [6.45, 7) is 6.48. The second-order valence-electron chi connectivity index (χ2n) is 6.91. The smallest absolute Gasteiger partial charge is 0.349 e. The van der Waals surface area contributed by atoms with Gasteiger partial charge in [-0.25, -0.2) is 4.79 Å². The highest BCUT2D eigenvalue weighted by atomic mass is 16.4. The molecule has 1 aliphatic heterocycles. The van der Waals surface area contributed by atoms with E-state index in [0.717, 1.165) is 37.2 Å². The van der Waals surface area contributed by atoms with Gasteiger partial charge in [-0.05, 0) is 56.5 Å². The van der Waals surface area contributed by atoms with Crippen LogP contribution in [0.5, 0.6) is 0 Å². The number of aromatic nitrogens is 1. The normalized spacial score (nSPS) is 16.7. The maximum Gasteiger partial charge on any atom is 0.349 e. The minimum absolute atomic E-state index is 0.0858. The lowest BCUT2D eigenvalue weighted by Crippen LogP contribution is -2.34. The molecule has 1 saturated heterocycles. The van der Waals surface area contributed by atoms with Gasteiger partial charge < -0.3 is 20.4 Å². The van der Waals surface area contributed by atoms with Crippen LogP contribution < -0.4 is 21.6 Å². The Morgan fingerprint density at radius 3 is 2.89 bits per heavy atom. The van der Waals surface area contributed by atoms with Crippen LogP contribution >= 0.6 is 0 Å². The van der Waals surface area contributed by atoms with Crippen molar-refractivity contribution < 1.29 is 9.21 Å². The number of nitrogens with zero attached hydrogens (tertiary/aromatic N) is 1. The third-order valence-electron chi connectivity index (χ3n) is 4.84. The molecule has 1 aliphatic rings. The minimum atomic E-state index is -0.564. The number of rotatable bonds is 6. The van der Waals surface area contributed by atoms with E-state index in [0.29, 0.717) is 24.4 Å². The van der Waals surface area contributed by atoms with Crippen LogP contribution in [0.2, 0.25) is 0 Å². The monoisotopic (exact) mass is 370 g/mol. The molecule has 0 spiro atoms. The second kappa shape index (κ2) is 8.81. The van der Waals surface area contributed by atoms with Crippen LogP contribution in [0.25, 0.3) is 0 Å². The second-order valence-corrected chi connectivity index (χ2v) is 6.91. The molecule has 7 heteroatoms. The fraction of sp³-hybridized carbons (Fsp3) is 0.450. The highest BCUT2D eigenvalue weighted by Crippen LogP contribution is 2.23. The molecule has 2 aromatic heterocycles.